The molecule has 27 heavy (non-hydrogen) atoms. The van der Waals surface area contributed by atoms with Gasteiger partial charge in [-0.05, 0) is 68.6 Å². The summed E-state index contributed by atoms with van der Waals surface area (Å²) in [4.78, 5) is 14.6. The van der Waals surface area contributed by atoms with Crippen LogP contribution in [0.3, 0.4) is 0 Å². The van der Waals surface area contributed by atoms with Crippen LogP contribution in [-0.2, 0) is 11.4 Å². The Labute approximate surface area is 168 Å². The average molecular weight is 389 g/mol. The number of hydrogen-bond donors (Lipinski definition) is 1. The fourth-order valence-electron chi connectivity index (χ4n) is 3.44. The van der Waals surface area contributed by atoms with Crippen LogP contribution in [0.1, 0.15) is 36.0 Å². The highest BCUT2D eigenvalue weighted by atomic mass is 35.5. The van der Waals surface area contributed by atoms with Crippen LogP contribution in [0.25, 0.3) is 0 Å². The number of piperidine rings is 1. The summed E-state index contributed by atoms with van der Waals surface area (Å²) in [5.41, 5.74) is 4.10. The van der Waals surface area contributed by atoms with Gasteiger partial charge in [0, 0.05) is 5.69 Å². The molecule has 0 radical (unpaired) electrons. The molecule has 2 aromatic rings. The highest BCUT2D eigenvalue weighted by Crippen LogP contribution is 2.27. The molecule has 1 fully saturated rings. The fourth-order valence-corrected chi connectivity index (χ4v) is 3.44. The molecule has 0 bridgehead atoms. The molecule has 1 aliphatic rings. The van der Waals surface area contributed by atoms with E-state index in [9.17, 15) is 4.79 Å². The van der Waals surface area contributed by atoms with E-state index in [0.29, 0.717) is 13.2 Å². The molecule has 5 heteroatoms. The lowest BCUT2D eigenvalue weighted by molar-refractivity contribution is -0.117. The van der Waals surface area contributed by atoms with Crippen LogP contribution < -0.4 is 10.1 Å². The van der Waals surface area contributed by atoms with Crippen molar-refractivity contribution in [1.29, 1.82) is 0 Å². The molecule has 4 nitrogen and oxygen atoms in total. The Morgan fingerprint density at radius 1 is 1.04 bits per heavy atom. The highest BCUT2D eigenvalue weighted by Gasteiger charge is 2.15. The Hall–Kier alpha value is -2.04. The van der Waals surface area contributed by atoms with Crippen molar-refractivity contribution < 1.29 is 9.53 Å². The highest BCUT2D eigenvalue weighted by molar-refractivity contribution is 5.93. The lowest BCUT2D eigenvalue weighted by Gasteiger charge is -2.26. The van der Waals surface area contributed by atoms with Gasteiger partial charge in [-0.1, -0.05) is 36.8 Å². The number of carbonyl (C=O) groups excluding carboxylic acids is 1. The van der Waals surface area contributed by atoms with Crippen molar-refractivity contribution in [1.82, 2.24) is 4.90 Å². The molecular formula is C22H29ClN2O2. The largest absolute Gasteiger partial charge is 0.489 e. The zero-order valence-electron chi connectivity index (χ0n) is 16.2. The van der Waals surface area contributed by atoms with E-state index in [1.807, 2.05) is 44.2 Å². The molecule has 0 unspecified atom stereocenters. The minimum Gasteiger partial charge on any atom is -0.489 e. The summed E-state index contributed by atoms with van der Waals surface area (Å²) in [7, 11) is 0. The standard InChI is InChI=1S/C22H28N2O2.ClH/c1-17-13-20(26-16-19-9-5-3-6-10-19)14-18(2)22(17)23-21(25)15-24-11-7-4-8-12-24;/h3,5-6,9-10,13-14H,4,7-8,11-12,15-16H2,1-2H3,(H,23,25);1H. The molecular weight excluding hydrogens is 360 g/mol. The predicted molar refractivity (Wildman–Crippen MR) is 113 cm³/mol. The van der Waals surface area contributed by atoms with Crippen molar-refractivity contribution in [2.75, 3.05) is 25.0 Å². The smallest absolute Gasteiger partial charge is 0.238 e. The second-order valence-corrected chi connectivity index (χ2v) is 7.09. The van der Waals surface area contributed by atoms with Gasteiger partial charge in [-0.25, -0.2) is 0 Å². The van der Waals surface area contributed by atoms with Gasteiger partial charge in [0.1, 0.15) is 12.4 Å². The zero-order chi connectivity index (χ0) is 18.4. The van der Waals surface area contributed by atoms with Crippen molar-refractivity contribution >= 4 is 24.0 Å². The fraction of sp³-hybridized carbons (Fsp3) is 0.409. The third kappa shape index (κ3) is 6.26. The summed E-state index contributed by atoms with van der Waals surface area (Å²) in [5, 5.41) is 3.09. The Kier molecular flexibility index (Phi) is 8.14. The van der Waals surface area contributed by atoms with Crippen LogP contribution in [-0.4, -0.2) is 30.4 Å². The lowest BCUT2D eigenvalue weighted by Crippen LogP contribution is -2.37. The van der Waals surface area contributed by atoms with Crippen LogP contribution in [0.2, 0.25) is 0 Å². The van der Waals surface area contributed by atoms with Crippen LogP contribution in [0.15, 0.2) is 42.5 Å². The Morgan fingerprint density at radius 2 is 1.67 bits per heavy atom. The molecule has 146 valence electrons. The van der Waals surface area contributed by atoms with E-state index in [4.69, 9.17) is 4.74 Å². The third-order valence-electron chi connectivity index (χ3n) is 4.83. The van der Waals surface area contributed by atoms with E-state index in [-0.39, 0.29) is 18.3 Å². The van der Waals surface area contributed by atoms with E-state index in [0.717, 1.165) is 41.2 Å². The van der Waals surface area contributed by atoms with Crippen molar-refractivity contribution in [3.8, 4) is 5.75 Å². The maximum absolute atomic E-state index is 12.4. The first-order valence-electron chi connectivity index (χ1n) is 9.42. The Balaban J connectivity index is 0.00000261. The number of hydrogen-bond acceptors (Lipinski definition) is 3. The average Bonchev–Trinajstić information content (AvgIpc) is 2.65. The van der Waals surface area contributed by atoms with E-state index >= 15 is 0 Å². The first kappa shape index (κ1) is 21.3. The molecule has 0 aliphatic carbocycles. The summed E-state index contributed by atoms with van der Waals surface area (Å²) in [5.74, 6) is 0.897. The summed E-state index contributed by atoms with van der Waals surface area (Å²) < 4.78 is 5.91. The van der Waals surface area contributed by atoms with E-state index in [1.54, 1.807) is 0 Å². The van der Waals surface area contributed by atoms with Crippen molar-refractivity contribution in [2.24, 2.45) is 0 Å². The van der Waals surface area contributed by atoms with Gasteiger partial charge in [-0.15, -0.1) is 12.4 Å². The maximum Gasteiger partial charge on any atom is 0.238 e. The molecule has 2 aromatic carbocycles. The number of amides is 1. The molecule has 1 amide bonds. The number of rotatable bonds is 6. The lowest BCUT2D eigenvalue weighted by atomic mass is 10.1. The first-order chi connectivity index (χ1) is 12.6. The number of anilines is 1. The van der Waals surface area contributed by atoms with Crippen LogP contribution in [0.5, 0.6) is 5.75 Å². The number of likely N-dealkylation sites (tertiary alicyclic amines) is 1. The first-order valence-corrected chi connectivity index (χ1v) is 9.42. The van der Waals surface area contributed by atoms with Gasteiger partial charge >= 0.3 is 0 Å². The summed E-state index contributed by atoms with van der Waals surface area (Å²) in [6, 6.07) is 14.1. The van der Waals surface area contributed by atoms with Gasteiger partial charge in [-0.3, -0.25) is 9.69 Å². The van der Waals surface area contributed by atoms with Crippen molar-refractivity contribution in [3.63, 3.8) is 0 Å². The van der Waals surface area contributed by atoms with E-state index in [2.05, 4.69) is 22.3 Å². The number of halogens is 1. The monoisotopic (exact) mass is 388 g/mol. The molecule has 1 heterocycles. The van der Waals surface area contributed by atoms with E-state index in [1.165, 1.54) is 19.3 Å². The maximum atomic E-state index is 12.4. The van der Waals surface area contributed by atoms with Gasteiger partial charge in [0.15, 0.2) is 0 Å². The topological polar surface area (TPSA) is 41.6 Å². The SMILES string of the molecule is Cc1cc(OCc2ccccc2)cc(C)c1NC(=O)CN1CCCCC1.Cl. The molecule has 3 rings (SSSR count). The number of aryl methyl sites for hydroxylation is 2. The molecule has 0 aromatic heterocycles. The molecule has 0 atom stereocenters. The minimum absolute atomic E-state index is 0. The number of nitrogens with one attached hydrogen (secondary N) is 1. The van der Waals surface area contributed by atoms with Gasteiger partial charge in [0.2, 0.25) is 5.91 Å². The summed E-state index contributed by atoms with van der Waals surface area (Å²) in [6.07, 6.45) is 3.67. The molecule has 0 spiro atoms. The van der Waals surface area contributed by atoms with Gasteiger partial charge in [-0.2, -0.15) is 0 Å². The predicted octanol–water partition coefficient (Wildman–Crippen LogP) is 4.73. The van der Waals surface area contributed by atoms with Crippen molar-refractivity contribution in [2.45, 2.75) is 39.7 Å². The number of carbonyl (C=O) groups is 1. The quantitative estimate of drug-likeness (QED) is 0.777. The molecule has 0 saturated carbocycles. The van der Waals surface area contributed by atoms with Crippen molar-refractivity contribution in [3.05, 3.63) is 59.2 Å². The number of ether oxygens (including phenoxy) is 1. The summed E-state index contributed by atoms with van der Waals surface area (Å²) in [6.45, 7) is 7.10. The van der Waals surface area contributed by atoms with Gasteiger partial charge < -0.3 is 10.1 Å². The second-order valence-electron chi connectivity index (χ2n) is 7.09. The van der Waals surface area contributed by atoms with E-state index < -0.39 is 0 Å². The third-order valence-corrected chi connectivity index (χ3v) is 4.83. The van der Waals surface area contributed by atoms with Crippen LogP contribution in [0, 0.1) is 13.8 Å². The molecule has 1 saturated heterocycles. The van der Waals surface area contributed by atoms with Crippen LogP contribution in [0.4, 0.5) is 5.69 Å². The molecule has 1 aliphatic heterocycles. The van der Waals surface area contributed by atoms with Crippen LogP contribution >= 0.6 is 12.4 Å². The molecule has 1 N–H and O–H groups in total. The Bertz CT molecular complexity index is 720. The zero-order valence-corrected chi connectivity index (χ0v) is 17.0. The summed E-state index contributed by atoms with van der Waals surface area (Å²) >= 11 is 0. The number of benzene rings is 2. The normalized spacial score (nSPS) is 14.3. The second kappa shape index (κ2) is 10.3. The minimum atomic E-state index is 0. The van der Waals surface area contributed by atoms with Gasteiger partial charge in [0.25, 0.3) is 0 Å². The number of nitrogens with zero attached hydrogens (tertiary/aromatic N) is 1. The Morgan fingerprint density at radius 3 is 2.30 bits per heavy atom. The van der Waals surface area contributed by atoms with Gasteiger partial charge in [0.05, 0.1) is 6.54 Å².